The van der Waals surface area contributed by atoms with Gasteiger partial charge in [-0.15, -0.1) is 0 Å². The van der Waals surface area contributed by atoms with Gasteiger partial charge in [-0.3, -0.25) is 9.89 Å². The summed E-state index contributed by atoms with van der Waals surface area (Å²) in [6.07, 6.45) is 1.92. The number of allylic oxidation sites excluding steroid dienone is 1. The topological polar surface area (TPSA) is 92.4 Å². The van der Waals surface area contributed by atoms with Crippen LogP contribution in [0.1, 0.15) is 49.3 Å². The average Bonchev–Trinajstić information content (AvgIpc) is 3.78. The van der Waals surface area contributed by atoms with Crippen molar-refractivity contribution in [3.8, 4) is 5.88 Å². The van der Waals surface area contributed by atoms with E-state index < -0.39 is 18.5 Å². The van der Waals surface area contributed by atoms with Gasteiger partial charge >= 0.3 is 6.18 Å². The lowest BCUT2D eigenvalue weighted by Crippen LogP contribution is -2.44. The van der Waals surface area contributed by atoms with E-state index in [1.807, 2.05) is 13.0 Å². The quantitative estimate of drug-likeness (QED) is 0.0996. The van der Waals surface area contributed by atoms with Crippen LogP contribution in [0.15, 0.2) is 79.0 Å². The summed E-state index contributed by atoms with van der Waals surface area (Å²) in [4.78, 5) is 18.8. The number of hydrogen-bond acceptors (Lipinski definition) is 6. The van der Waals surface area contributed by atoms with Crippen LogP contribution in [0.2, 0.25) is 0 Å². The first-order valence-corrected chi connectivity index (χ1v) is 16.0. The van der Waals surface area contributed by atoms with E-state index in [1.165, 1.54) is 12.3 Å². The Morgan fingerprint density at radius 3 is 2.62 bits per heavy atom. The molecule has 2 aromatic carbocycles. The van der Waals surface area contributed by atoms with Crippen LogP contribution in [0.4, 0.5) is 17.6 Å². The number of rotatable bonds is 12. The predicted octanol–water partition coefficient (Wildman–Crippen LogP) is 6.70. The van der Waals surface area contributed by atoms with Gasteiger partial charge in [-0.2, -0.15) is 22.7 Å². The van der Waals surface area contributed by atoms with Crippen molar-refractivity contribution in [1.29, 1.82) is 0 Å². The molecule has 0 spiro atoms. The lowest BCUT2D eigenvalue weighted by atomic mass is 9.88. The molecule has 1 saturated heterocycles. The highest BCUT2D eigenvalue weighted by Gasteiger charge is 2.43. The monoisotopic (exact) mass is 663 g/mol. The Bertz CT molecular complexity index is 1780. The molecule has 12 heteroatoms. The third-order valence-corrected chi connectivity index (χ3v) is 8.73. The van der Waals surface area contributed by atoms with Gasteiger partial charge in [0.1, 0.15) is 6.61 Å². The van der Waals surface area contributed by atoms with Gasteiger partial charge in [-0.1, -0.05) is 49.4 Å². The van der Waals surface area contributed by atoms with Crippen LogP contribution in [0, 0.1) is 5.95 Å². The number of alkyl halides is 3. The van der Waals surface area contributed by atoms with Crippen molar-refractivity contribution in [2.24, 2.45) is 0 Å². The van der Waals surface area contributed by atoms with Crippen molar-refractivity contribution in [2.75, 3.05) is 32.8 Å². The second-order valence-corrected chi connectivity index (χ2v) is 12.2. The number of carbonyl (C=O) groups excluding carboxylic acids is 1. The highest BCUT2D eigenvalue weighted by atomic mass is 19.4. The number of halogens is 4. The number of pyridine rings is 1. The number of benzene rings is 2. The number of aromatic nitrogens is 3. The second-order valence-electron chi connectivity index (χ2n) is 12.2. The summed E-state index contributed by atoms with van der Waals surface area (Å²) < 4.78 is 68.2. The smallest absolute Gasteiger partial charge is 0.393 e. The van der Waals surface area contributed by atoms with Gasteiger partial charge in [0.2, 0.25) is 17.7 Å². The van der Waals surface area contributed by atoms with Gasteiger partial charge in [0.25, 0.3) is 0 Å². The van der Waals surface area contributed by atoms with E-state index in [0.29, 0.717) is 60.9 Å². The van der Waals surface area contributed by atoms with Gasteiger partial charge in [0.15, 0.2) is 0 Å². The fourth-order valence-corrected chi connectivity index (χ4v) is 5.88. The Kier molecular flexibility index (Phi) is 9.93. The minimum atomic E-state index is -4.51. The Labute approximate surface area is 275 Å². The van der Waals surface area contributed by atoms with Gasteiger partial charge in [0, 0.05) is 43.5 Å². The third kappa shape index (κ3) is 8.11. The zero-order chi connectivity index (χ0) is 33.7. The number of H-pyrrole nitrogens is 1. The second kappa shape index (κ2) is 14.3. The summed E-state index contributed by atoms with van der Waals surface area (Å²) in [5, 5.41) is 9.82. The molecule has 1 aliphatic carbocycles. The molecule has 2 fully saturated rings. The first-order chi connectivity index (χ1) is 23.1. The fraction of sp³-hybridized carbons (Fsp3) is 0.361. The zero-order valence-corrected chi connectivity index (χ0v) is 26.5. The highest BCUT2D eigenvalue weighted by molar-refractivity contribution is 6.00. The van der Waals surface area contributed by atoms with Crippen molar-refractivity contribution in [3.63, 3.8) is 0 Å². The molecule has 2 aliphatic rings. The van der Waals surface area contributed by atoms with Gasteiger partial charge in [-0.05, 0) is 59.7 Å². The maximum Gasteiger partial charge on any atom is 0.393 e. The van der Waals surface area contributed by atoms with E-state index in [4.69, 9.17) is 9.47 Å². The molecule has 0 unspecified atom stereocenters. The van der Waals surface area contributed by atoms with Crippen LogP contribution in [-0.4, -0.2) is 76.7 Å². The fourth-order valence-electron chi connectivity index (χ4n) is 5.88. The number of ether oxygens (including phenoxy) is 2. The lowest BCUT2D eigenvalue weighted by molar-refractivity contribution is -0.133. The van der Waals surface area contributed by atoms with E-state index in [2.05, 4.69) is 20.5 Å². The Hall–Kier alpha value is -4.55. The lowest BCUT2D eigenvalue weighted by Gasteiger charge is -2.31. The Balaban J connectivity index is 1.18. The molecule has 1 saturated carbocycles. The third-order valence-electron chi connectivity index (χ3n) is 8.73. The van der Waals surface area contributed by atoms with E-state index in [9.17, 15) is 22.4 Å². The maximum absolute atomic E-state index is 14.5. The minimum absolute atomic E-state index is 0.0298. The normalized spacial score (nSPS) is 18.3. The molecule has 1 amide bonds. The average molecular weight is 664 g/mol. The highest BCUT2D eigenvalue weighted by Crippen LogP contribution is 2.40. The number of aromatic amines is 1. The summed E-state index contributed by atoms with van der Waals surface area (Å²) in [5.41, 5.74) is 1.65. The van der Waals surface area contributed by atoms with Crippen LogP contribution in [0.3, 0.4) is 0 Å². The zero-order valence-electron chi connectivity index (χ0n) is 26.5. The van der Waals surface area contributed by atoms with Crippen molar-refractivity contribution >= 4 is 28.0 Å². The maximum atomic E-state index is 14.5. The molecule has 48 heavy (non-hydrogen) atoms. The van der Waals surface area contributed by atoms with Crippen LogP contribution in [0.5, 0.6) is 5.88 Å². The number of carbonyl (C=O) groups is 1. The van der Waals surface area contributed by atoms with Crippen LogP contribution in [0.25, 0.3) is 22.0 Å². The van der Waals surface area contributed by atoms with Crippen LogP contribution in [-0.2, 0) is 9.53 Å². The van der Waals surface area contributed by atoms with Crippen LogP contribution >= 0.6 is 0 Å². The molecule has 2 N–H and O–H groups in total. The Morgan fingerprint density at radius 1 is 1.12 bits per heavy atom. The summed E-state index contributed by atoms with van der Waals surface area (Å²) in [7, 11) is 0. The van der Waals surface area contributed by atoms with E-state index >= 15 is 0 Å². The van der Waals surface area contributed by atoms with Crippen molar-refractivity contribution in [2.45, 2.75) is 50.4 Å². The largest absolute Gasteiger partial charge is 0.476 e. The van der Waals surface area contributed by atoms with E-state index in [-0.39, 0.29) is 34.1 Å². The molecule has 252 valence electrons. The van der Waals surface area contributed by atoms with Gasteiger partial charge in [-0.25, -0.2) is 4.98 Å². The minimum Gasteiger partial charge on any atom is -0.476 e. The van der Waals surface area contributed by atoms with E-state index in [1.54, 1.807) is 65.6 Å². The molecule has 3 heterocycles. The number of amides is 1. The Morgan fingerprint density at radius 2 is 1.92 bits per heavy atom. The standard InChI is InChI=1S/C36H37F4N5O3/c1-2-27-22-45(17-18-47-27)32(46)9-6-16-42-35(14-15-35)23-48-31-13-11-26(21-41-31)33(25-10-12-30-28(19-25)34(37)44-43-30)29(20-36(38,39)40)24-7-4-3-5-8-24/h3-13,19,21,27,42H,2,14-18,20,22-23H2,1H3,(H,43,44)/b9-6+,33-29-/t27-/m0/s1. The molecule has 2 aromatic heterocycles. The number of nitrogens with one attached hydrogen (secondary N) is 2. The summed E-state index contributed by atoms with van der Waals surface area (Å²) in [6.45, 7) is 4.61. The van der Waals surface area contributed by atoms with E-state index in [0.717, 1.165) is 19.3 Å². The molecule has 4 aromatic rings. The first-order valence-electron chi connectivity index (χ1n) is 16.0. The number of fused-ring (bicyclic) bond motifs is 1. The molecule has 1 aliphatic heterocycles. The van der Waals surface area contributed by atoms with Crippen molar-refractivity contribution < 1.29 is 31.8 Å². The number of morpholine rings is 1. The molecule has 0 radical (unpaired) electrons. The molecule has 1 atom stereocenters. The summed E-state index contributed by atoms with van der Waals surface area (Å²) >= 11 is 0. The van der Waals surface area contributed by atoms with Crippen molar-refractivity contribution in [1.82, 2.24) is 25.4 Å². The van der Waals surface area contributed by atoms with Crippen molar-refractivity contribution in [3.05, 3.63) is 102 Å². The molecular formula is C36H37F4N5O3. The molecule has 0 bridgehead atoms. The number of hydrogen-bond donors (Lipinski definition) is 2. The van der Waals surface area contributed by atoms with Gasteiger partial charge in [0.05, 0.1) is 35.6 Å². The first kappa shape index (κ1) is 33.4. The SMILES string of the molecule is CC[C@H]1CN(C(=O)/C=C/CNC2(COc3ccc(/C(=C(/CC(F)(F)F)c4ccccc4)c4ccc5n[nH]c(F)c5c4)cn3)CC2)CCO1. The number of nitrogens with zero attached hydrogens (tertiary/aromatic N) is 3. The molecular weight excluding hydrogens is 626 g/mol. The summed E-state index contributed by atoms with van der Waals surface area (Å²) in [6, 6.07) is 16.3. The molecule has 6 rings (SSSR count). The van der Waals surface area contributed by atoms with Gasteiger partial charge < -0.3 is 19.7 Å². The molecule has 8 nitrogen and oxygen atoms in total. The predicted molar refractivity (Wildman–Crippen MR) is 175 cm³/mol. The summed E-state index contributed by atoms with van der Waals surface area (Å²) in [5.74, 6) is -0.377. The van der Waals surface area contributed by atoms with Crippen LogP contribution < -0.4 is 10.1 Å².